The summed E-state index contributed by atoms with van der Waals surface area (Å²) in [5.41, 5.74) is 0.502. The molecule has 1 N–H and O–H groups in total. The van der Waals surface area contributed by atoms with Gasteiger partial charge in [0.25, 0.3) is 5.91 Å². The molecule has 3 heterocycles. The van der Waals surface area contributed by atoms with Crippen LogP contribution in [0.3, 0.4) is 0 Å². The summed E-state index contributed by atoms with van der Waals surface area (Å²) in [6, 6.07) is 3.41. The molecule has 110 valence electrons. The first-order chi connectivity index (χ1) is 10.3. The van der Waals surface area contributed by atoms with E-state index in [9.17, 15) is 4.79 Å². The summed E-state index contributed by atoms with van der Waals surface area (Å²) in [6.45, 7) is 1.67. The molecule has 3 rings (SSSR count). The lowest BCUT2D eigenvalue weighted by Crippen LogP contribution is -2.23. The molecule has 0 radical (unpaired) electrons. The zero-order valence-electron chi connectivity index (χ0n) is 11.5. The molecular weight excluding hydrogens is 272 g/mol. The van der Waals surface area contributed by atoms with Crippen LogP contribution in [0.2, 0.25) is 0 Å². The lowest BCUT2D eigenvalue weighted by molar-refractivity contribution is 0.0830. The summed E-state index contributed by atoms with van der Waals surface area (Å²) in [5, 5.41) is 6.72. The number of rotatable bonds is 4. The van der Waals surface area contributed by atoms with Crippen LogP contribution in [0.4, 0.5) is 0 Å². The van der Waals surface area contributed by atoms with Crippen molar-refractivity contribution in [1.29, 1.82) is 0 Å². The van der Waals surface area contributed by atoms with Crippen molar-refractivity contribution in [3.63, 3.8) is 0 Å². The van der Waals surface area contributed by atoms with Gasteiger partial charge >= 0.3 is 0 Å². The van der Waals surface area contributed by atoms with Crippen molar-refractivity contribution in [2.24, 2.45) is 0 Å². The summed E-state index contributed by atoms with van der Waals surface area (Å²) in [5.74, 6) is 1.18. The second-order valence-electron chi connectivity index (χ2n) is 4.86. The Kier molecular flexibility index (Phi) is 4.20. The van der Waals surface area contributed by atoms with Crippen molar-refractivity contribution in [2.45, 2.75) is 25.3 Å². The van der Waals surface area contributed by atoms with Crippen LogP contribution in [0.25, 0.3) is 0 Å². The Bertz CT molecular complexity index is 593. The molecule has 0 spiro atoms. The van der Waals surface area contributed by atoms with Crippen LogP contribution in [0, 0.1) is 0 Å². The van der Waals surface area contributed by atoms with Crippen molar-refractivity contribution in [3.8, 4) is 0 Å². The fraction of sp³-hybridized carbons (Fsp3) is 0.429. The van der Waals surface area contributed by atoms with Gasteiger partial charge < -0.3 is 14.6 Å². The van der Waals surface area contributed by atoms with E-state index in [4.69, 9.17) is 9.26 Å². The van der Waals surface area contributed by atoms with Crippen molar-refractivity contribution in [2.75, 3.05) is 13.2 Å². The highest BCUT2D eigenvalue weighted by Gasteiger charge is 2.21. The van der Waals surface area contributed by atoms with E-state index in [1.807, 2.05) is 0 Å². The molecule has 21 heavy (non-hydrogen) atoms. The van der Waals surface area contributed by atoms with Gasteiger partial charge in [0.05, 0.1) is 12.1 Å². The van der Waals surface area contributed by atoms with Gasteiger partial charge in [-0.05, 0) is 25.0 Å². The quantitative estimate of drug-likeness (QED) is 0.911. The van der Waals surface area contributed by atoms with Gasteiger partial charge in [-0.25, -0.2) is 0 Å². The number of aromatic nitrogens is 3. The maximum absolute atomic E-state index is 11.9. The van der Waals surface area contributed by atoms with E-state index in [2.05, 4.69) is 20.4 Å². The zero-order chi connectivity index (χ0) is 14.5. The molecule has 1 aliphatic rings. The van der Waals surface area contributed by atoms with Gasteiger partial charge in [0.1, 0.15) is 0 Å². The smallest absolute Gasteiger partial charge is 0.253 e. The number of nitrogens with zero attached hydrogens (tertiary/aromatic N) is 3. The second kappa shape index (κ2) is 6.45. The minimum Gasteiger partial charge on any atom is -0.381 e. The third kappa shape index (κ3) is 3.43. The monoisotopic (exact) mass is 288 g/mol. The first-order valence-corrected chi connectivity index (χ1v) is 6.91. The molecule has 0 aliphatic carbocycles. The van der Waals surface area contributed by atoms with Crippen molar-refractivity contribution < 1.29 is 14.1 Å². The topological polar surface area (TPSA) is 90.1 Å². The highest BCUT2D eigenvalue weighted by atomic mass is 16.5. The van der Waals surface area contributed by atoms with E-state index < -0.39 is 0 Å². The maximum Gasteiger partial charge on any atom is 0.253 e. The van der Waals surface area contributed by atoms with Gasteiger partial charge in [-0.2, -0.15) is 4.98 Å². The summed E-state index contributed by atoms with van der Waals surface area (Å²) in [6.07, 6.45) is 4.94. The molecule has 0 saturated carbocycles. The molecule has 0 unspecified atom stereocenters. The molecule has 0 atom stereocenters. The van der Waals surface area contributed by atoms with Crippen molar-refractivity contribution >= 4 is 5.91 Å². The van der Waals surface area contributed by atoms with Crippen LogP contribution in [-0.4, -0.2) is 34.2 Å². The van der Waals surface area contributed by atoms with Gasteiger partial charge in [0.2, 0.25) is 5.89 Å². The normalized spacial score (nSPS) is 15.8. The minimum atomic E-state index is -0.214. The maximum atomic E-state index is 11.9. The first kappa shape index (κ1) is 13.7. The number of hydrogen-bond donors (Lipinski definition) is 1. The molecule has 2 aromatic rings. The molecule has 1 saturated heterocycles. The van der Waals surface area contributed by atoms with E-state index in [0.717, 1.165) is 26.1 Å². The van der Waals surface area contributed by atoms with Gasteiger partial charge in [-0.3, -0.25) is 9.78 Å². The molecule has 0 aromatic carbocycles. The average Bonchev–Trinajstić information content (AvgIpc) is 3.03. The van der Waals surface area contributed by atoms with Gasteiger partial charge in [-0.1, -0.05) is 5.16 Å². The fourth-order valence-electron chi connectivity index (χ4n) is 2.22. The highest BCUT2D eigenvalue weighted by molar-refractivity contribution is 5.93. The Hall–Kier alpha value is -2.28. The zero-order valence-corrected chi connectivity index (χ0v) is 11.5. The van der Waals surface area contributed by atoms with E-state index >= 15 is 0 Å². The molecule has 1 fully saturated rings. The molecule has 2 aromatic heterocycles. The summed E-state index contributed by atoms with van der Waals surface area (Å²) in [4.78, 5) is 20.1. The van der Waals surface area contributed by atoms with Crippen molar-refractivity contribution in [1.82, 2.24) is 20.4 Å². The Morgan fingerprint density at radius 1 is 1.38 bits per heavy atom. The van der Waals surface area contributed by atoms with Gasteiger partial charge in [0.15, 0.2) is 5.82 Å². The van der Waals surface area contributed by atoms with E-state index in [1.165, 1.54) is 6.20 Å². The standard InChI is InChI=1S/C14H16N4O3/c19-14(11-2-1-5-15-8-11)16-9-12-17-13(18-21-12)10-3-6-20-7-4-10/h1-2,5,8,10H,3-4,6-7,9H2,(H,16,19). The molecule has 1 aliphatic heterocycles. The number of ether oxygens (including phenoxy) is 1. The summed E-state index contributed by atoms with van der Waals surface area (Å²) >= 11 is 0. The van der Waals surface area contributed by atoms with E-state index in [1.54, 1.807) is 18.3 Å². The number of nitrogens with one attached hydrogen (secondary N) is 1. The van der Waals surface area contributed by atoms with Crippen LogP contribution in [0.1, 0.15) is 40.8 Å². The van der Waals surface area contributed by atoms with Crippen LogP contribution in [-0.2, 0) is 11.3 Å². The number of carbonyl (C=O) groups excluding carboxylic acids is 1. The Morgan fingerprint density at radius 3 is 3.00 bits per heavy atom. The summed E-state index contributed by atoms with van der Waals surface area (Å²) in [7, 11) is 0. The molecule has 7 heteroatoms. The summed E-state index contributed by atoms with van der Waals surface area (Å²) < 4.78 is 10.5. The van der Waals surface area contributed by atoms with Crippen molar-refractivity contribution in [3.05, 3.63) is 41.8 Å². The average molecular weight is 288 g/mol. The first-order valence-electron chi connectivity index (χ1n) is 6.91. The van der Waals surface area contributed by atoms with E-state index in [-0.39, 0.29) is 18.4 Å². The Morgan fingerprint density at radius 2 is 2.24 bits per heavy atom. The van der Waals surface area contributed by atoms with E-state index in [0.29, 0.717) is 17.3 Å². The largest absolute Gasteiger partial charge is 0.381 e. The fourth-order valence-corrected chi connectivity index (χ4v) is 2.22. The van der Waals surface area contributed by atoms with Gasteiger partial charge in [-0.15, -0.1) is 0 Å². The number of amides is 1. The Labute approximate surface area is 121 Å². The SMILES string of the molecule is O=C(NCc1nc(C2CCOCC2)no1)c1cccnc1. The third-order valence-electron chi connectivity index (χ3n) is 3.39. The second-order valence-corrected chi connectivity index (χ2v) is 4.86. The van der Waals surface area contributed by atoms with Crippen LogP contribution >= 0.6 is 0 Å². The lowest BCUT2D eigenvalue weighted by atomic mass is 10.00. The Balaban J connectivity index is 1.56. The van der Waals surface area contributed by atoms with Crippen LogP contribution in [0.5, 0.6) is 0 Å². The third-order valence-corrected chi connectivity index (χ3v) is 3.39. The molecule has 7 nitrogen and oxygen atoms in total. The van der Waals surface area contributed by atoms with Gasteiger partial charge in [0, 0.05) is 31.5 Å². The van der Waals surface area contributed by atoms with Crippen LogP contribution in [0.15, 0.2) is 29.0 Å². The minimum absolute atomic E-state index is 0.212. The predicted octanol–water partition coefficient (Wildman–Crippen LogP) is 1.29. The number of pyridine rings is 1. The molecule has 1 amide bonds. The molecular formula is C14H16N4O3. The number of hydrogen-bond acceptors (Lipinski definition) is 6. The number of carbonyl (C=O) groups is 1. The van der Waals surface area contributed by atoms with Crippen LogP contribution < -0.4 is 5.32 Å². The highest BCUT2D eigenvalue weighted by Crippen LogP contribution is 2.24. The lowest BCUT2D eigenvalue weighted by Gasteiger charge is -2.18. The molecule has 0 bridgehead atoms. The predicted molar refractivity (Wildman–Crippen MR) is 72.5 cm³/mol.